The van der Waals surface area contributed by atoms with Crippen LogP contribution in [0.25, 0.3) is 16.7 Å². The van der Waals surface area contributed by atoms with Crippen LogP contribution in [0, 0.1) is 18.8 Å². The average molecular weight is 525 g/mol. The summed E-state index contributed by atoms with van der Waals surface area (Å²) in [5, 5.41) is 19.2. The second-order valence-corrected chi connectivity index (χ2v) is 9.04. The highest BCUT2D eigenvalue weighted by atomic mass is 35.5. The number of benzene rings is 3. The number of fused-ring (bicyclic) bond motifs is 1. The van der Waals surface area contributed by atoms with E-state index in [0.717, 1.165) is 16.5 Å². The van der Waals surface area contributed by atoms with E-state index in [0.29, 0.717) is 34.0 Å². The normalized spacial score (nSPS) is 11.5. The molecule has 1 N–H and O–H groups in total. The number of amides is 1. The lowest BCUT2D eigenvalue weighted by Gasteiger charge is -2.16. The van der Waals surface area contributed by atoms with Crippen LogP contribution in [0.15, 0.2) is 77.6 Å². The second-order valence-electron chi connectivity index (χ2n) is 8.61. The number of aromatic nitrogens is 5. The standard InChI is InChI=1S/C28H21ClN6O3/c1-18-6-5-9-22-23(32-38-28(18)22)16-26(36)24(14-19-7-3-2-4-8-19)31-27(37)13-10-20-15-21(29)11-12-25(20)35-17-30-33-34-35/h2-9,11-12,15,17,24H,14,16H2,1H3,(H,31,37)/t24-/m0/s1. The van der Waals surface area contributed by atoms with Crippen molar-refractivity contribution in [3.8, 4) is 17.5 Å². The number of hydrogen-bond donors (Lipinski definition) is 1. The van der Waals surface area contributed by atoms with Gasteiger partial charge in [0.2, 0.25) is 0 Å². The van der Waals surface area contributed by atoms with Crippen LogP contribution in [0.3, 0.4) is 0 Å². The number of para-hydroxylation sites is 1. The van der Waals surface area contributed by atoms with Crippen LogP contribution < -0.4 is 5.32 Å². The number of carbonyl (C=O) groups excluding carboxylic acids is 2. The predicted molar refractivity (Wildman–Crippen MR) is 141 cm³/mol. The van der Waals surface area contributed by atoms with E-state index in [2.05, 4.69) is 37.8 Å². The fraction of sp³-hybridized carbons (Fsp3) is 0.143. The number of nitrogens with zero attached hydrogens (tertiary/aromatic N) is 5. The zero-order valence-electron chi connectivity index (χ0n) is 20.3. The molecule has 38 heavy (non-hydrogen) atoms. The molecule has 0 saturated carbocycles. The molecule has 2 aromatic heterocycles. The number of ketones is 1. The zero-order chi connectivity index (χ0) is 26.5. The van der Waals surface area contributed by atoms with E-state index < -0.39 is 11.9 Å². The Morgan fingerprint density at radius 2 is 1.95 bits per heavy atom. The van der Waals surface area contributed by atoms with Crippen LogP contribution in [0.1, 0.15) is 22.4 Å². The molecule has 10 heteroatoms. The fourth-order valence-corrected chi connectivity index (χ4v) is 4.23. The molecule has 0 bridgehead atoms. The molecule has 2 heterocycles. The van der Waals surface area contributed by atoms with Crippen LogP contribution in [-0.4, -0.2) is 43.1 Å². The van der Waals surface area contributed by atoms with Crippen LogP contribution in [0.2, 0.25) is 5.02 Å². The van der Waals surface area contributed by atoms with E-state index in [1.165, 1.54) is 11.0 Å². The minimum Gasteiger partial charge on any atom is -0.356 e. The summed E-state index contributed by atoms with van der Waals surface area (Å²) in [5.41, 5.74) is 4.01. The van der Waals surface area contributed by atoms with Gasteiger partial charge in [-0.15, -0.1) is 5.10 Å². The summed E-state index contributed by atoms with van der Waals surface area (Å²) in [6.07, 6.45) is 1.71. The van der Waals surface area contributed by atoms with Crippen molar-refractivity contribution in [1.82, 2.24) is 30.7 Å². The molecule has 0 spiro atoms. The molecule has 0 aliphatic heterocycles. The number of Topliss-reactive ketones (excluding diaryl/α,β-unsaturated/α-hetero) is 1. The van der Waals surface area contributed by atoms with Crippen molar-refractivity contribution >= 4 is 34.3 Å². The third kappa shape index (κ3) is 5.61. The van der Waals surface area contributed by atoms with Gasteiger partial charge in [0.1, 0.15) is 6.33 Å². The Morgan fingerprint density at radius 3 is 2.74 bits per heavy atom. The zero-order valence-corrected chi connectivity index (χ0v) is 21.0. The third-order valence-electron chi connectivity index (χ3n) is 5.95. The molecular weight excluding hydrogens is 504 g/mol. The first-order valence-electron chi connectivity index (χ1n) is 11.7. The maximum Gasteiger partial charge on any atom is 0.296 e. The Kier molecular flexibility index (Phi) is 7.24. The molecular formula is C28H21ClN6O3. The first-order chi connectivity index (χ1) is 18.5. The number of nitrogens with one attached hydrogen (secondary N) is 1. The molecule has 0 radical (unpaired) electrons. The largest absolute Gasteiger partial charge is 0.356 e. The topological polar surface area (TPSA) is 116 Å². The Morgan fingerprint density at radius 1 is 1.11 bits per heavy atom. The van der Waals surface area contributed by atoms with Gasteiger partial charge in [-0.3, -0.25) is 9.59 Å². The quantitative estimate of drug-likeness (QED) is 0.323. The van der Waals surface area contributed by atoms with Gasteiger partial charge in [0.25, 0.3) is 5.91 Å². The Hall–Kier alpha value is -4.81. The summed E-state index contributed by atoms with van der Waals surface area (Å²) < 4.78 is 6.88. The van der Waals surface area contributed by atoms with E-state index in [1.54, 1.807) is 18.2 Å². The molecule has 1 amide bonds. The first kappa shape index (κ1) is 24.9. The highest BCUT2D eigenvalue weighted by molar-refractivity contribution is 6.30. The Bertz CT molecular complexity index is 1670. The molecule has 5 rings (SSSR count). The molecule has 0 fully saturated rings. The third-order valence-corrected chi connectivity index (χ3v) is 6.19. The second kappa shape index (κ2) is 11.1. The number of carbonyl (C=O) groups is 2. The van der Waals surface area contributed by atoms with Gasteiger partial charge in [-0.2, -0.15) is 4.68 Å². The van der Waals surface area contributed by atoms with Crippen molar-refractivity contribution in [1.29, 1.82) is 0 Å². The predicted octanol–water partition coefficient (Wildman–Crippen LogP) is 3.66. The molecule has 1 atom stereocenters. The lowest BCUT2D eigenvalue weighted by Crippen LogP contribution is -2.42. The summed E-state index contributed by atoms with van der Waals surface area (Å²) in [6, 6.07) is 19.3. The number of halogens is 1. The maximum atomic E-state index is 13.4. The van der Waals surface area contributed by atoms with Crippen molar-refractivity contribution < 1.29 is 14.1 Å². The van der Waals surface area contributed by atoms with Gasteiger partial charge in [-0.25, -0.2) is 0 Å². The number of tetrazole rings is 1. The first-order valence-corrected chi connectivity index (χ1v) is 12.1. The average Bonchev–Trinajstić information content (AvgIpc) is 3.59. The van der Waals surface area contributed by atoms with E-state index in [1.807, 2.05) is 55.5 Å². The Balaban J connectivity index is 1.39. The van der Waals surface area contributed by atoms with Crippen LogP contribution >= 0.6 is 11.6 Å². The highest BCUT2D eigenvalue weighted by Gasteiger charge is 2.23. The minimum atomic E-state index is -0.825. The molecule has 188 valence electrons. The molecule has 0 unspecified atom stereocenters. The molecule has 0 aliphatic rings. The highest BCUT2D eigenvalue weighted by Crippen LogP contribution is 2.23. The summed E-state index contributed by atoms with van der Waals surface area (Å²) in [5.74, 6) is 4.57. The molecule has 9 nitrogen and oxygen atoms in total. The van der Waals surface area contributed by atoms with Gasteiger partial charge in [-0.1, -0.05) is 65.1 Å². The van der Waals surface area contributed by atoms with Gasteiger partial charge < -0.3 is 9.84 Å². The fourth-order valence-electron chi connectivity index (χ4n) is 4.06. The van der Waals surface area contributed by atoms with Gasteiger partial charge >= 0.3 is 0 Å². The lowest BCUT2D eigenvalue weighted by atomic mass is 9.98. The molecule has 0 saturated heterocycles. The van der Waals surface area contributed by atoms with E-state index >= 15 is 0 Å². The SMILES string of the molecule is Cc1cccc2c(CC(=O)[C@H](Cc3ccccc3)NC(=O)C#Cc3cc(Cl)ccc3-n3cnnn3)noc12. The minimum absolute atomic E-state index is 0.000593. The lowest BCUT2D eigenvalue weighted by molar-refractivity contribution is -0.124. The van der Waals surface area contributed by atoms with Crippen molar-refractivity contribution in [2.75, 3.05) is 0 Å². The van der Waals surface area contributed by atoms with E-state index in [9.17, 15) is 9.59 Å². The van der Waals surface area contributed by atoms with Gasteiger partial charge in [0.05, 0.1) is 29.4 Å². The monoisotopic (exact) mass is 524 g/mol. The smallest absolute Gasteiger partial charge is 0.296 e. The molecule has 3 aromatic carbocycles. The van der Waals surface area contributed by atoms with Gasteiger partial charge in [0, 0.05) is 16.3 Å². The van der Waals surface area contributed by atoms with Gasteiger partial charge in [-0.05, 0) is 59.2 Å². The number of hydrogen-bond acceptors (Lipinski definition) is 7. The maximum absolute atomic E-state index is 13.4. The summed E-state index contributed by atoms with van der Waals surface area (Å²) in [6.45, 7) is 1.92. The van der Waals surface area contributed by atoms with Crippen LogP contribution in [0.4, 0.5) is 0 Å². The molecule has 0 aliphatic carbocycles. The van der Waals surface area contributed by atoms with Crippen LogP contribution in [-0.2, 0) is 22.4 Å². The Labute approximate surface area is 222 Å². The summed E-state index contributed by atoms with van der Waals surface area (Å²) in [4.78, 5) is 26.3. The van der Waals surface area contributed by atoms with Gasteiger partial charge in [0.15, 0.2) is 11.4 Å². The summed E-state index contributed by atoms with van der Waals surface area (Å²) in [7, 11) is 0. The summed E-state index contributed by atoms with van der Waals surface area (Å²) >= 11 is 6.14. The van der Waals surface area contributed by atoms with E-state index in [-0.39, 0.29) is 12.2 Å². The van der Waals surface area contributed by atoms with Crippen molar-refractivity contribution in [3.05, 3.63) is 100 Å². The number of aryl methyl sites for hydroxylation is 1. The molecule has 5 aromatic rings. The van der Waals surface area contributed by atoms with E-state index in [4.69, 9.17) is 16.1 Å². The van der Waals surface area contributed by atoms with Crippen LogP contribution in [0.5, 0.6) is 0 Å². The van der Waals surface area contributed by atoms with Crippen molar-refractivity contribution in [3.63, 3.8) is 0 Å². The number of rotatable bonds is 7. The van der Waals surface area contributed by atoms with Crippen molar-refractivity contribution in [2.24, 2.45) is 0 Å². The van der Waals surface area contributed by atoms with Crippen molar-refractivity contribution in [2.45, 2.75) is 25.8 Å².